The molecule has 5 amide bonds. The predicted molar refractivity (Wildman–Crippen MR) is 200 cm³/mol. The lowest BCUT2D eigenvalue weighted by molar-refractivity contribution is -0.149. The van der Waals surface area contributed by atoms with Crippen molar-refractivity contribution in [1.29, 1.82) is 0 Å². The summed E-state index contributed by atoms with van der Waals surface area (Å²) in [6.07, 6.45) is -1.51. The van der Waals surface area contributed by atoms with E-state index in [9.17, 15) is 58.8 Å². The summed E-state index contributed by atoms with van der Waals surface area (Å²) in [5, 5.41) is 57.7. The average molecular weight is 799 g/mol. The Morgan fingerprint density at radius 3 is 1.67 bits per heavy atom. The van der Waals surface area contributed by atoms with Crippen molar-refractivity contribution in [3.05, 3.63) is 59.7 Å². The molecule has 19 heteroatoms. The van der Waals surface area contributed by atoms with Crippen molar-refractivity contribution in [2.24, 2.45) is 11.7 Å². The summed E-state index contributed by atoms with van der Waals surface area (Å²) >= 11 is 0. The van der Waals surface area contributed by atoms with E-state index in [1.54, 1.807) is 13.8 Å². The summed E-state index contributed by atoms with van der Waals surface area (Å²) in [6.45, 7) is 3.64. The van der Waals surface area contributed by atoms with Crippen molar-refractivity contribution in [2.75, 3.05) is 6.54 Å². The Balaban J connectivity index is 1.89. The number of aliphatic carboxylic acids is 3. The molecule has 0 bridgehead atoms. The summed E-state index contributed by atoms with van der Waals surface area (Å²) in [5.41, 5.74) is 6.66. The number of benzene rings is 2. The van der Waals surface area contributed by atoms with Crippen LogP contribution in [0.15, 0.2) is 48.5 Å². The van der Waals surface area contributed by atoms with Crippen LogP contribution in [-0.2, 0) is 51.2 Å². The molecule has 1 fully saturated rings. The van der Waals surface area contributed by atoms with Crippen LogP contribution in [0.3, 0.4) is 0 Å². The smallest absolute Gasteiger partial charge is 0.326 e. The highest BCUT2D eigenvalue weighted by Gasteiger charge is 2.39. The van der Waals surface area contributed by atoms with Gasteiger partial charge in [-0.1, -0.05) is 38.1 Å². The Labute approximate surface area is 328 Å². The van der Waals surface area contributed by atoms with Gasteiger partial charge in [0.05, 0.1) is 12.5 Å². The number of phenolic OH excluding ortho intramolecular Hbond substituents is 2. The van der Waals surface area contributed by atoms with E-state index in [4.69, 9.17) is 10.8 Å². The Bertz CT molecular complexity index is 1770. The number of nitrogens with zero attached hydrogens (tertiary/aromatic N) is 1. The first-order valence-corrected chi connectivity index (χ1v) is 18.3. The third-order valence-electron chi connectivity index (χ3n) is 9.17. The van der Waals surface area contributed by atoms with Crippen LogP contribution in [0.2, 0.25) is 0 Å². The zero-order chi connectivity index (χ0) is 42.4. The number of hydrogen-bond donors (Lipinski definition) is 10. The Morgan fingerprint density at radius 1 is 0.684 bits per heavy atom. The number of carbonyl (C=O) groups excluding carboxylic acids is 5. The minimum atomic E-state index is -1.58. The van der Waals surface area contributed by atoms with Crippen LogP contribution in [-0.4, -0.2) is 121 Å². The van der Waals surface area contributed by atoms with Crippen molar-refractivity contribution < 1.29 is 63.9 Å². The van der Waals surface area contributed by atoms with Gasteiger partial charge in [-0.3, -0.25) is 33.6 Å². The van der Waals surface area contributed by atoms with Crippen LogP contribution in [0.1, 0.15) is 63.5 Å². The van der Waals surface area contributed by atoms with Crippen molar-refractivity contribution in [3.8, 4) is 11.5 Å². The van der Waals surface area contributed by atoms with Gasteiger partial charge in [-0.15, -0.1) is 0 Å². The van der Waals surface area contributed by atoms with Crippen molar-refractivity contribution in [2.45, 2.75) is 101 Å². The topological polar surface area (TPSA) is 315 Å². The van der Waals surface area contributed by atoms with Crippen LogP contribution in [0, 0.1) is 5.92 Å². The van der Waals surface area contributed by atoms with Crippen LogP contribution < -0.4 is 27.0 Å². The molecule has 2 aromatic rings. The van der Waals surface area contributed by atoms with Gasteiger partial charge in [0.25, 0.3) is 0 Å². The summed E-state index contributed by atoms with van der Waals surface area (Å²) in [4.78, 5) is 104. The second-order valence-electron chi connectivity index (χ2n) is 14.3. The molecule has 3 rings (SSSR count). The van der Waals surface area contributed by atoms with Crippen molar-refractivity contribution in [1.82, 2.24) is 26.2 Å². The largest absolute Gasteiger partial charge is 0.508 e. The molecule has 6 atom stereocenters. The number of aromatic hydroxyl groups is 2. The SMILES string of the molecule is CC(C)C[C@H](NC(=O)[C@H](CCC(=O)O)NC(=O)[C@H](Cc1ccc(O)cc1)NC(=O)[C@@H](N)CC(=O)O)C(=O)N[C@@H](Cc1ccc(O)cc1)C(=O)N1CCC[C@H]1C(=O)O. The second-order valence-corrected chi connectivity index (χ2v) is 14.3. The zero-order valence-corrected chi connectivity index (χ0v) is 31.6. The van der Waals surface area contributed by atoms with Gasteiger partial charge in [0, 0.05) is 25.8 Å². The fourth-order valence-corrected chi connectivity index (χ4v) is 6.25. The van der Waals surface area contributed by atoms with Crippen molar-refractivity contribution >= 4 is 47.4 Å². The van der Waals surface area contributed by atoms with Crippen LogP contribution in [0.25, 0.3) is 0 Å². The van der Waals surface area contributed by atoms with Gasteiger partial charge in [-0.2, -0.15) is 0 Å². The number of rotatable bonds is 21. The summed E-state index contributed by atoms with van der Waals surface area (Å²) in [6, 6.07) is 3.01. The van der Waals surface area contributed by atoms with Gasteiger partial charge in [-0.25, -0.2) is 4.79 Å². The molecular weight excluding hydrogens is 748 g/mol. The van der Waals surface area contributed by atoms with Crippen molar-refractivity contribution in [3.63, 3.8) is 0 Å². The lowest BCUT2D eigenvalue weighted by atomic mass is 9.99. The fraction of sp³-hybridized carbons (Fsp3) is 0.474. The number of likely N-dealkylation sites (tertiary alicyclic amines) is 1. The standard InChI is InChI=1S/C38H50N6O13/c1-20(2)16-27(35(53)43-29(18-22-7-11-24(46)12-8-22)37(55)44-15-3-4-30(44)38(56)57)42-34(52)26(13-14-31(47)48)40-36(54)28(17-21-5-9-23(45)10-6-21)41-33(51)25(39)19-32(49)50/h5-12,20,25-30,45-46H,3-4,13-19,39H2,1-2H3,(H,40,54)(H,41,51)(H,42,52)(H,43,53)(H,47,48)(H,49,50)(H,56,57)/t25-,26-,27-,28-,29-,30-/m0/s1. The first-order valence-electron chi connectivity index (χ1n) is 18.3. The molecule has 19 nitrogen and oxygen atoms in total. The molecule has 1 saturated heterocycles. The predicted octanol–water partition coefficient (Wildman–Crippen LogP) is -0.389. The highest BCUT2D eigenvalue weighted by molar-refractivity contribution is 5.97. The molecule has 0 unspecified atom stereocenters. The normalized spacial score (nSPS) is 16.4. The van der Waals surface area contributed by atoms with Gasteiger partial charge in [0.15, 0.2) is 0 Å². The number of amides is 5. The second kappa shape index (κ2) is 21.2. The number of hydrogen-bond acceptors (Lipinski definition) is 11. The highest BCUT2D eigenvalue weighted by Crippen LogP contribution is 2.21. The maximum absolute atomic E-state index is 14.0. The molecule has 0 aliphatic carbocycles. The summed E-state index contributed by atoms with van der Waals surface area (Å²) < 4.78 is 0. The molecule has 0 aromatic heterocycles. The molecule has 310 valence electrons. The third kappa shape index (κ3) is 14.4. The Hall–Kier alpha value is -6.24. The first-order chi connectivity index (χ1) is 26.8. The molecule has 1 heterocycles. The Morgan fingerprint density at radius 2 is 1.16 bits per heavy atom. The van der Waals surface area contributed by atoms with E-state index in [0.717, 1.165) is 0 Å². The minimum absolute atomic E-state index is 0.0136. The molecule has 2 aromatic carbocycles. The monoisotopic (exact) mass is 798 g/mol. The molecule has 1 aliphatic heterocycles. The molecule has 0 saturated carbocycles. The van der Waals surface area contributed by atoms with Crippen LogP contribution >= 0.6 is 0 Å². The van der Waals surface area contributed by atoms with E-state index < -0.39 is 103 Å². The summed E-state index contributed by atoms with van der Waals surface area (Å²) in [5.74, 6) is -8.72. The molecular formula is C38H50N6O13. The Kier molecular flexibility index (Phi) is 16.8. The molecule has 57 heavy (non-hydrogen) atoms. The molecule has 1 aliphatic rings. The number of carboxylic acid groups (broad SMARTS) is 3. The van der Waals surface area contributed by atoms with E-state index in [0.29, 0.717) is 17.5 Å². The van der Waals surface area contributed by atoms with E-state index in [1.165, 1.54) is 53.4 Å². The maximum atomic E-state index is 14.0. The number of carbonyl (C=O) groups is 8. The van der Waals surface area contributed by atoms with Crippen LogP contribution in [0.5, 0.6) is 11.5 Å². The first kappa shape index (κ1) is 45.2. The number of nitrogens with one attached hydrogen (secondary N) is 4. The van der Waals surface area contributed by atoms with E-state index in [2.05, 4.69) is 21.3 Å². The lowest BCUT2D eigenvalue weighted by Gasteiger charge is -2.30. The van der Waals surface area contributed by atoms with Gasteiger partial charge in [0.1, 0.15) is 41.7 Å². The van der Waals surface area contributed by atoms with Gasteiger partial charge in [-0.05, 0) is 67.0 Å². The van der Waals surface area contributed by atoms with Gasteiger partial charge in [0.2, 0.25) is 29.5 Å². The molecule has 0 radical (unpaired) electrons. The highest BCUT2D eigenvalue weighted by atomic mass is 16.4. The number of carboxylic acids is 3. The summed E-state index contributed by atoms with van der Waals surface area (Å²) in [7, 11) is 0. The quantitative estimate of drug-likeness (QED) is 0.0770. The van der Waals surface area contributed by atoms with E-state index in [1.807, 2.05) is 0 Å². The number of nitrogens with two attached hydrogens (primary N) is 1. The maximum Gasteiger partial charge on any atom is 0.326 e. The fourth-order valence-electron chi connectivity index (χ4n) is 6.25. The lowest BCUT2D eigenvalue weighted by Crippen LogP contribution is -2.60. The average Bonchev–Trinajstić information content (AvgIpc) is 3.64. The zero-order valence-electron chi connectivity index (χ0n) is 31.6. The van der Waals surface area contributed by atoms with E-state index >= 15 is 0 Å². The van der Waals surface area contributed by atoms with Gasteiger partial charge < -0.3 is 57.4 Å². The van der Waals surface area contributed by atoms with E-state index in [-0.39, 0.29) is 49.6 Å². The number of phenols is 2. The van der Waals surface area contributed by atoms with Crippen LogP contribution in [0.4, 0.5) is 0 Å². The van der Waals surface area contributed by atoms with Gasteiger partial charge >= 0.3 is 17.9 Å². The molecule has 11 N–H and O–H groups in total. The molecule has 0 spiro atoms. The third-order valence-corrected chi connectivity index (χ3v) is 9.17. The minimum Gasteiger partial charge on any atom is -0.508 e.